The number of rotatable bonds is 4. The Kier molecular flexibility index (Phi) is 4.38. The van der Waals surface area contributed by atoms with Gasteiger partial charge in [-0.3, -0.25) is 4.79 Å². The topological polar surface area (TPSA) is 81.6 Å². The molecule has 0 aliphatic carbocycles. The maximum atomic E-state index is 11.5. The zero-order valence-electron chi connectivity index (χ0n) is 8.36. The smallest absolute Gasteiger partial charge is 0.426 e. The highest BCUT2D eigenvalue weighted by Gasteiger charge is 2.28. The Bertz CT molecular complexity index is 195. The Morgan fingerprint density at radius 3 is 2.86 bits per heavy atom. The molecule has 1 amide bonds. The number of hydrogen-bond donors (Lipinski definition) is 4. The average Bonchev–Trinajstić information content (AvgIpc) is 2.65. The predicted molar refractivity (Wildman–Crippen MR) is 53.4 cm³/mol. The van der Waals surface area contributed by atoms with Crippen LogP contribution in [0.4, 0.5) is 0 Å². The van der Waals surface area contributed by atoms with Crippen LogP contribution in [0.1, 0.15) is 26.2 Å². The van der Waals surface area contributed by atoms with Crippen molar-refractivity contribution in [1.29, 1.82) is 0 Å². The van der Waals surface area contributed by atoms with Crippen LogP contribution in [0, 0.1) is 0 Å². The van der Waals surface area contributed by atoms with E-state index in [9.17, 15) is 4.79 Å². The molecule has 0 saturated carbocycles. The van der Waals surface area contributed by atoms with Crippen LogP contribution in [0.5, 0.6) is 0 Å². The van der Waals surface area contributed by atoms with E-state index >= 15 is 0 Å². The predicted octanol–water partition coefficient (Wildman–Crippen LogP) is -1.35. The van der Waals surface area contributed by atoms with Crippen molar-refractivity contribution in [2.45, 2.75) is 38.2 Å². The van der Waals surface area contributed by atoms with Gasteiger partial charge in [-0.25, -0.2) is 0 Å². The van der Waals surface area contributed by atoms with Crippen molar-refractivity contribution in [3.05, 3.63) is 0 Å². The molecule has 0 unspecified atom stereocenters. The molecule has 5 nitrogen and oxygen atoms in total. The minimum Gasteiger partial charge on any atom is -0.426 e. The molecule has 1 fully saturated rings. The third-order valence-corrected chi connectivity index (χ3v) is 2.50. The van der Waals surface area contributed by atoms with Crippen molar-refractivity contribution in [2.75, 3.05) is 6.54 Å². The average molecular weight is 200 g/mol. The fourth-order valence-corrected chi connectivity index (χ4v) is 1.58. The SMILES string of the molecule is CC[C@H](NC(=O)[C@@H]1CCCN1)B(O)O. The van der Waals surface area contributed by atoms with Crippen molar-refractivity contribution in [1.82, 2.24) is 10.6 Å². The number of nitrogens with one attached hydrogen (secondary N) is 2. The van der Waals surface area contributed by atoms with Gasteiger partial charge in [-0.05, 0) is 25.8 Å². The lowest BCUT2D eigenvalue weighted by atomic mass is 9.78. The Balaban J connectivity index is 2.37. The Morgan fingerprint density at radius 2 is 2.43 bits per heavy atom. The maximum absolute atomic E-state index is 11.5. The van der Waals surface area contributed by atoms with E-state index in [1.54, 1.807) is 6.92 Å². The van der Waals surface area contributed by atoms with Crippen molar-refractivity contribution in [3.8, 4) is 0 Å². The van der Waals surface area contributed by atoms with Gasteiger partial charge in [-0.1, -0.05) is 6.92 Å². The van der Waals surface area contributed by atoms with E-state index in [1.807, 2.05) is 0 Å². The minimum absolute atomic E-state index is 0.137. The number of carbonyl (C=O) groups is 1. The molecule has 0 bridgehead atoms. The maximum Gasteiger partial charge on any atom is 0.475 e. The van der Waals surface area contributed by atoms with E-state index in [0.717, 1.165) is 19.4 Å². The molecule has 6 heteroatoms. The van der Waals surface area contributed by atoms with E-state index in [2.05, 4.69) is 10.6 Å². The van der Waals surface area contributed by atoms with Crippen molar-refractivity contribution >= 4 is 13.0 Å². The van der Waals surface area contributed by atoms with Crippen LogP contribution >= 0.6 is 0 Å². The molecule has 0 radical (unpaired) electrons. The summed E-state index contributed by atoms with van der Waals surface area (Å²) < 4.78 is 0. The molecule has 0 aromatic rings. The molecule has 1 aliphatic heterocycles. The summed E-state index contributed by atoms with van der Waals surface area (Å²) in [5.74, 6) is -0.702. The summed E-state index contributed by atoms with van der Waals surface area (Å²) in [5, 5.41) is 23.5. The second-order valence-corrected chi connectivity index (χ2v) is 3.59. The molecule has 4 N–H and O–H groups in total. The summed E-state index contributed by atoms with van der Waals surface area (Å²) in [4.78, 5) is 11.5. The molecule has 1 saturated heterocycles. The first-order valence-corrected chi connectivity index (χ1v) is 5.05. The third-order valence-electron chi connectivity index (χ3n) is 2.50. The highest BCUT2D eigenvalue weighted by molar-refractivity contribution is 6.43. The van der Waals surface area contributed by atoms with Crippen LogP contribution in [0.15, 0.2) is 0 Å². The van der Waals surface area contributed by atoms with E-state index in [0.29, 0.717) is 6.42 Å². The van der Waals surface area contributed by atoms with Gasteiger partial charge in [0.25, 0.3) is 0 Å². The summed E-state index contributed by atoms with van der Waals surface area (Å²) in [7, 11) is -1.48. The fourth-order valence-electron chi connectivity index (χ4n) is 1.58. The quantitative estimate of drug-likeness (QED) is 0.423. The molecule has 1 aliphatic rings. The van der Waals surface area contributed by atoms with Gasteiger partial charge >= 0.3 is 7.12 Å². The van der Waals surface area contributed by atoms with E-state index in [-0.39, 0.29) is 11.9 Å². The second kappa shape index (κ2) is 5.33. The first-order valence-electron chi connectivity index (χ1n) is 5.05. The zero-order chi connectivity index (χ0) is 10.6. The molecule has 1 heterocycles. The Labute approximate surface area is 84.0 Å². The summed E-state index contributed by atoms with van der Waals surface area (Å²) in [6, 6.07) is -0.164. The van der Waals surface area contributed by atoms with E-state index in [1.165, 1.54) is 0 Å². The zero-order valence-corrected chi connectivity index (χ0v) is 8.36. The largest absolute Gasteiger partial charge is 0.475 e. The third kappa shape index (κ3) is 2.97. The molecule has 80 valence electrons. The standard InChI is InChI=1S/C8H17BN2O3/c1-2-7(9(13)14)11-8(12)6-4-3-5-10-6/h6-7,10,13-14H,2-5H2,1H3,(H,11,12)/t6-,7-/m0/s1. The molecule has 1 rings (SSSR count). The number of carbonyl (C=O) groups excluding carboxylic acids is 1. The summed E-state index contributed by atoms with van der Waals surface area (Å²) >= 11 is 0. The van der Waals surface area contributed by atoms with Gasteiger partial charge in [0.15, 0.2) is 0 Å². The summed E-state index contributed by atoms with van der Waals surface area (Å²) in [6.07, 6.45) is 2.33. The van der Waals surface area contributed by atoms with Gasteiger partial charge in [-0.2, -0.15) is 0 Å². The van der Waals surface area contributed by atoms with E-state index in [4.69, 9.17) is 10.0 Å². The Hall–Kier alpha value is -0.585. The van der Waals surface area contributed by atoms with Crippen LogP contribution in [-0.4, -0.2) is 41.6 Å². The molecular weight excluding hydrogens is 183 g/mol. The van der Waals surface area contributed by atoms with Crippen LogP contribution in [0.2, 0.25) is 0 Å². The van der Waals surface area contributed by atoms with Gasteiger partial charge in [0.1, 0.15) is 0 Å². The van der Waals surface area contributed by atoms with Crippen molar-refractivity contribution in [2.24, 2.45) is 0 Å². The van der Waals surface area contributed by atoms with Crippen LogP contribution in [0.3, 0.4) is 0 Å². The normalized spacial score (nSPS) is 23.2. The van der Waals surface area contributed by atoms with Crippen LogP contribution < -0.4 is 10.6 Å². The molecule has 2 atom stereocenters. The monoisotopic (exact) mass is 200 g/mol. The molecule has 0 aromatic carbocycles. The highest BCUT2D eigenvalue weighted by atomic mass is 16.4. The van der Waals surface area contributed by atoms with Crippen LogP contribution in [-0.2, 0) is 4.79 Å². The summed E-state index contributed by atoms with van der Waals surface area (Å²) in [6.45, 7) is 2.66. The van der Waals surface area contributed by atoms with Gasteiger partial charge < -0.3 is 20.7 Å². The number of hydrogen-bond acceptors (Lipinski definition) is 4. The second-order valence-electron chi connectivity index (χ2n) is 3.59. The molecule has 0 aromatic heterocycles. The molecule has 0 spiro atoms. The van der Waals surface area contributed by atoms with Gasteiger partial charge in [0.2, 0.25) is 5.91 Å². The first kappa shape index (κ1) is 11.5. The number of amides is 1. The lowest BCUT2D eigenvalue weighted by molar-refractivity contribution is -0.123. The summed E-state index contributed by atoms with van der Waals surface area (Å²) in [5.41, 5.74) is 0. The van der Waals surface area contributed by atoms with Crippen molar-refractivity contribution < 1.29 is 14.8 Å². The lowest BCUT2D eigenvalue weighted by Crippen LogP contribution is -2.51. The molecular formula is C8H17BN2O3. The first-order chi connectivity index (χ1) is 6.65. The lowest BCUT2D eigenvalue weighted by Gasteiger charge is -2.18. The van der Waals surface area contributed by atoms with E-state index < -0.39 is 13.1 Å². The van der Waals surface area contributed by atoms with Gasteiger partial charge in [-0.15, -0.1) is 0 Å². The molecule has 14 heavy (non-hydrogen) atoms. The fraction of sp³-hybridized carbons (Fsp3) is 0.875. The van der Waals surface area contributed by atoms with Crippen molar-refractivity contribution in [3.63, 3.8) is 0 Å². The highest BCUT2D eigenvalue weighted by Crippen LogP contribution is 2.05. The Morgan fingerprint density at radius 1 is 1.71 bits per heavy atom. The van der Waals surface area contributed by atoms with Gasteiger partial charge in [0.05, 0.1) is 12.0 Å². The minimum atomic E-state index is -1.48. The van der Waals surface area contributed by atoms with Gasteiger partial charge in [0, 0.05) is 0 Å². The van der Waals surface area contributed by atoms with Crippen LogP contribution in [0.25, 0.3) is 0 Å².